The van der Waals surface area contributed by atoms with Crippen LogP contribution in [0, 0.1) is 6.92 Å². The van der Waals surface area contributed by atoms with Gasteiger partial charge >= 0.3 is 0 Å². The first-order valence-electron chi connectivity index (χ1n) is 6.31. The lowest BCUT2D eigenvalue weighted by molar-refractivity contribution is 0.581. The molecule has 0 saturated heterocycles. The van der Waals surface area contributed by atoms with Gasteiger partial charge in [-0.2, -0.15) is 5.10 Å². The van der Waals surface area contributed by atoms with E-state index in [1.165, 1.54) is 12.1 Å². The van der Waals surface area contributed by atoms with Crippen LogP contribution in [0.15, 0.2) is 29.3 Å². The summed E-state index contributed by atoms with van der Waals surface area (Å²) in [6.07, 6.45) is 1.77. The first-order chi connectivity index (χ1) is 9.83. The Morgan fingerprint density at radius 2 is 2.14 bits per heavy atom. The Bertz CT molecular complexity index is 756. The molecule has 21 heavy (non-hydrogen) atoms. The molecule has 2 rings (SSSR count). The number of rotatable bonds is 5. The van der Waals surface area contributed by atoms with Gasteiger partial charge in [0.05, 0.1) is 10.7 Å². The van der Waals surface area contributed by atoms with Gasteiger partial charge in [0.25, 0.3) is 0 Å². The average Bonchev–Trinajstić information content (AvgIpc) is 2.75. The zero-order chi connectivity index (χ0) is 15.6. The molecular formula is C13H17ClN4O2S. The topological polar surface area (TPSA) is 90.0 Å². The minimum atomic E-state index is -3.70. The molecule has 2 aromatic rings. The fraction of sp³-hybridized carbons (Fsp3) is 0.308. The molecule has 0 radical (unpaired) electrons. The zero-order valence-electron chi connectivity index (χ0n) is 11.8. The van der Waals surface area contributed by atoms with Crippen molar-refractivity contribution in [1.29, 1.82) is 0 Å². The fourth-order valence-electron chi connectivity index (χ4n) is 1.95. The molecule has 0 spiro atoms. The maximum absolute atomic E-state index is 12.3. The second-order valence-electron chi connectivity index (χ2n) is 4.71. The molecular weight excluding hydrogens is 312 g/mol. The summed E-state index contributed by atoms with van der Waals surface area (Å²) in [5.41, 5.74) is 7.83. The minimum absolute atomic E-state index is 0.0358. The molecule has 0 bridgehead atoms. The SMILES string of the molecule is Cc1nn(C)cc1CNS(=O)(=O)c1cc(CN)ccc1Cl. The summed E-state index contributed by atoms with van der Waals surface area (Å²) in [6, 6.07) is 4.72. The van der Waals surface area contributed by atoms with Crippen molar-refractivity contribution in [2.75, 3.05) is 0 Å². The van der Waals surface area contributed by atoms with Crippen molar-refractivity contribution in [2.24, 2.45) is 12.8 Å². The lowest BCUT2D eigenvalue weighted by atomic mass is 10.2. The third kappa shape index (κ3) is 3.62. The van der Waals surface area contributed by atoms with E-state index in [1.54, 1.807) is 24.0 Å². The van der Waals surface area contributed by atoms with Gasteiger partial charge in [-0.05, 0) is 24.6 Å². The van der Waals surface area contributed by atoms with E-state index >= 15 is 0 Å². The molecule has 0 amide bonds. The van der Waals surface area contributed by atoms with E-state index in [9.17, 15) is 8.42 Å². The highest BCUT2D eigenvalue weighted by atomic mass is 35.5. The molecule has 3 N–H and O–H groups in total. The molecule has 6 nitrogen and oxygen atoms in total. The van der Waals surface area contributed by atoms with Crippen LogP contribution in [-0.2, 0) is 30.2 Å². The van der Waals surface area contributed by atoms with Crippen LogP contribution in [0.2, 0.25) is 5.02 Å². The summed E-state index contributed by atoms with van der Waals surface area (Å²) >= 11 is 5.98. The van der Waals surface area contributed by atoms with Gasteiger partial charge in [0, 0.05) is 31.9 Å². The summed E-state index contributed by atoms with van der Waals surface area (Å²) in [6.45, 7) is 2.23. The van der Waals surface area contributed by atoms with Crippen LogP contribution in [0.4, 0.5) is 0 Å². The fourth-order valence-corrected chi connectivity index (χ4v) is 3.51. The molecule has 8 heteroatoms. The van der Waals surface area contributed by atoms with E-state index in [1.807, 2.05) is 6.92 Å². The van der Waals surface area contributed by atoms with Crippen LogP contribution in [0.25, 0.3) is 0 Å². The van der Waals surface area contributed by atoms with Crippen LogP contribution < -0.4 is 10.5 Å². The Kier molecular flexibility index (Phi) is 4.67. The summed E-state index contributed by atoms with van der Waals surface area (Å²) in [5.74, 6) is 0. The van der Waals surface area contributed by atoms with Gasteiger partial charge < -0.3 is 5.73 Å². The Balaban J connectivity index is 2.24. The van der Waals surface area contributed by atoms with E-state index < -0.39 is 10.0 Å². The first-order valence-corrected chi connectivity index (χ1v) is 8.17. The Hall–Kier alpha value is -1.41. The molecule has 0 atom stereocenters. The number of halogens is 1. The molecule has 0 aliphatic carbocycles. The zero-order valence-corrected chi connectivity index (χ0v) is 13.4. The van der Waals surface area contributed by atoms with Gasteiger partial charge in [0.2, 0.25) is 10.0 Å². The van der Waals surface area contributed by atoms with Gasteiger partial charge in [-0.25, -0.2) is 13.1 Å². The van der Waals surface area contributed by atoms with Gasteiger partial charge in [0.1, 0.15) is 4.90 Å². The van der Waals surface area contributed by atoms with Crippen LogP contribution in [0.3, 0.4) is 0 Å². The van der Waals surface area contributed by atoms with Gasteiger partial charge in [0.15, 0.2) is 0 Å². The molecule has 0 aliphatic heterocycles. The summed E-state index contributed by atoms with van der Waals surface area (Å²) in [5, 5.41) is 4.34. The number of nitrogens with one attached hydrogen (secondary N) is 1. The van der Waals surface area contributed by atoms with E-state index in [-0.39, 0.29) is 23.0 Å². The maximum Gasteiger partial charge on any atom is 0.242 e. The number of hydrogen-bond donors (Lipinski definition) is 2. The normalized spacial score (nSPS) is 11.8. The average molecular weight is 329 g/mol. The van der Waals surface area contributed by atoms with Crippen molar-refractivity contribution in [3.8, 4) is 0 Å². The number of benzene rings is 1. The number of hydrogen-bond acceptors (Lipinski definition) is 4. The van der Waals surface area contributed by atoms with Crippen molar-refractivity contribution in [3.63, 3.8) is 0 Å². The molecule has 0 aliphatic rings. The Morgan fingerprint density at radius 1 is 1.43 bits per heavy atom. The van der Waals surface area contributed by atoms with Crippen molar-refractivity contribution in [1.82, 2.24) is 14.5 Å². The molecule has 114 valence electrons. The summed E-state index contributed by atoms with van der Waals surface area (Å²) in [7, 11) is -1.92. The van der Waals surface area contributed by atoms with Gasteiger partial charge in [-0.3, -0.25) is 4.68 Å². The maximum atomic E-state index is 12.3. The van der Waals surface area contributed by atoms with Crippen LogP contribution >= 0.6 is 11.6 Å². The van der Waals surface area contributed by atoms with Crippen molar-refractivity contribution < 1.29 is 8.42 Å². The van der Waals surface area contributed by atoms with Crippen LogP contribution in [0.1, 0.15) is 16.8 Å². The summed E-state index contributed by atoms with van der Waals surface area (Å²) < 4.78 is 28.9. The third-order valence-electron chi connectivity index (χ3n) is 3.09. The highest BCUT2D eigenvalue weighted by molar-refractivity contribution is 7.89. The monoisotopic (exact) mass is 328 g/mol. The lowest BCUT2D eigenvalue weighted by Gasteiger charge is -2.09. The third-order valence-corrected chi connectivity index (χ3v) is 4.97. The van der Waals surface area contributed by atoms with E-state index in [0.717, 1.165) is 11.3 Å². The molecule has 0 fully saturated rings. The van der Waals surface area contributed by atoms with Crippen molar-refractivity contribution in [2.45, 2.75) is 24.9 Å². The smallest absolute Gasteiger partial charge is 0.242 e. The number of aromatic nitrogens is 2. The van der Waals surface area contributed by atoms with Gasteiger partial charge in [-0.15, -0.1) is 0 Å². The predicted molar refractivity (Wildman–Crippen MR) is 81.3 cm³/mol. The molecule has 1 aromatic heterocycles. The van der Waals surface area contributed by atoms with E-state index in [0.29, 0.717) is 5.56 Å². The Labute approximate surface area is 129 Å². The van der Waals surface area contributed by atoms with Gasteiger partial charge in [-0.1, -0.05) is 17.7 Å². The molecule has 0 saturated carbocycles. The highest BCUT2D eigenvalue weighted by Gasteiger charge is 2.19. The first kappa shape index (κ1) is 16.0. The number of nitrogens with two attached hydrogens (primary N) is 1. The number of nitrogens with zero attached hydrogens (tertiary/aromatic N) is 2. The Morgan fingerprint density at radius 3 is 2.71 bits per heavy atom. The predicted octanol–water partition coefficient (Wildman–Crippen LogP) is 1.32. The van der Waals surface area contributed by atoms with E-state index in [2.05, 4.69) is 9.82 Å². The molecule has 1 aromatic carbocycles. The highest BCUT2D eigenvalue weighted by Crippen LogP contribution is 2.22. The quantitative estimate of drug-likeness (QED) is 0.866. The standard InChI is InChI=1S/C13H17ClN4O2S/c1-9-11(8-18(2)17-9)7-16-21(19,20)13-5-10(6-15)3-4-12(13)14/h3-5,8,16H,6-7,15H2,1-2H3. The molecule has 1 heterocycles. The largest absolute Gasteiger partial charge is 0.326 e. The summed E-state index contributed by atoms with van der Waals surface area (Å²) in [4.78, 5) is 0.0358. The second-order valence-corrected chi connectivity index (χ2v) is 6.85. The van der Waals surface area contributed by atoms with Crippen LogP contribution in [0.5, 0.6) is 0 Å². The van der Waals surface area contributed by atoms with Crippen molar-refractivity contribution >= 4 is 21.6 Å². The van der Waals surface area contributed by atoms with E-state index in [4.69, 9.17) is 17.3 Å². The number of sulfonamides is 1. The van der Waals surface area contributed by atoms with Crippen LogP contribution in [-0.4, -0.2) is 18.2 Å². The van der Waals surface area contributed by atoms with Crippen molar-refractivity contribution in [3.05, 3.63) is 46.2 Å². The minimum Gasteiger partial charge on any atom is -0.326 e. The second kappa shape index (κ2) is 6.15. The molecule has 0 unspecified atom stereocenters. The number of aryl methyl sites for hydroxylation is 2. The lowest BCUT2D eigenvalue weighted by Crippen LogP contribution is -2.24.